The fourth-order valence-electron chi connectivity index (χ4n) is 1.49. The molecule has 2 aromatic rings. The van der Waals surface area contributed by atoms with Crippen molar-refractivity contribution in [2.75, 3.05) is 11.6 Å². The monoisotopic (exact) mass is 277 g/mol. The summed E-state index contributed by atoms with van der Waals surface area (Å²) in [7, 11) is 0. The first-order chi connectivity index (χ1) is 9.11. The van der Waals surface area contributed by atoms with Crippen LogP contribution < -0.4 is 5.32 Å². The lowest BCUT2D eigenvalue weighted by Gasteiger charge is -2.04. The zero-order valence-corrected chi connectivity index (χ0v) is 10.8. The Hall–Kier alpha value is -2.28. The summed E-state index contributed by atoms with van der Waals surface area (Å²) < 4.78 is 0. The Kier molecular flexibility index (Phi) is 3.86. The Balaban J connectivity index is 2.16. The van der Waals surface area contributed by atoms with Gasteiger partial charge in [0.1, 0.15) is 0 Å². The lowest BCUT2D eigenvalue weighted by molar-refractivity contribution is 0.0686. The number of aromatic amines is 1. The normalized spacial score (nSPS) is 10.2. The van der Waals surface area contributed by atoms with E-state index in [1.54, 1.807) is 23.9 Å². The topological polar surface area (TPSA) is 95.1 Å². The fraction of sp³-hybridized carbons (Fsp3) is 0.0833. The zero-order valence-electron chi connectivity index (χ0n) is 10.0. The number of benzene rings is 1. The van der Waals surface area contributed by atoms with Gasteiger partial charge in [0.05, 0.1) is 6.33 Å². The molecule has 0 spiro atoms. The largest absolute Gasteiger partial charge is 0.477 e. The second-order valence-electron chi connectivity index (χ2n) is 3.61. The standard InChI is InChI=1S/C12H11N3O3S/c1-19-8-4-2-7(3-5-8)15-11(16)9-10(12(17)18)14-6-13-9/h2-6H,1H3,(H,13,14)(H,15,16)(H,17,18). The molecule has 0 unspecified atom stereocenters. The van der Waals surface area contributed by atoms with E-state index in [1.165, 1.54) is 6.33 Å². The van der Waals surface area contributed by atoms with Gasteiger partial charge in [0.15, 0.2) is 11.4 Å². The lowest BCUT2D eigenvalue weighted by atomic mass is 10.2. The number of anilines is 1. The van der Waals surface area contributed by atoms with E-state index in [2.05, 4.69) is 15.3 Å². The molecule has 0 aliphatic carbocycles. The average molecular weight is 277 g/mol. The van der Waals surface area contributed by atoms with Gasteiger partial charge < -0.3 is 15.4 Å². The summed E-state index contributed by atoms with van der Waals surface area (Å²) in [6, 6.07) is 7.22. The van der Waals surface area contributed by atoms with Crippen molar-refractivity contribution in [3.63, 3.8) is 0 Å². The van der Waals surface area contributed by atoms with E-state index in [0.717, 1.165) is 4.90 Å². The molecular weight excluding hydrogens is 266 g/mol. The van der Waals surface area contributed by atoms with Crippen molar-refractivity contribution in [1.82, 2.24) is 9.97 Å². The molecular formula is C12H11N3O3S. The SMILES string of the molecule is CSc1ccc(NC(=O)c2nc[nH]c2C(=O)O)cc1. The van der Waals surface area contributed by atoms with Gasteiger partial charge >= 0.3 is 5.97 Å². The number of H-pyrrole nitrogens is 1. The van der Waals surface area contributed by atoms with Crippen molar-refractivity contribution < 1.29 is 14.7 Å². The number of carbonyl (C=O) groups is 2. The van der Waals surface area contributed by atoms with Crippen LogP contribution in [-0.4, -0.2) is 33.2 Å². The number of hydrogen-bond donors (Lipinski definition) is 3. The van der Waals surface area contributed by atoms with Crippen molar-refractivity contribution in [1.29, 1.82) is 0 Å². The second-order valence-corrected chi connectivity index (χ2v) is 4.49. The highest BCUT2D eigenvalue weighted by molar-refractivity contribution is 7.98. The summed E-state index contributed by atoms with van der Waals surface area (Å²) in [5, 5.41) is 11.5. The van der Waals surface area contributed by atoms with Gasteiger partial charge in [0.2, 0.25) is 0 Å². The number of aromatic nitrogens is 2. The molecule has 1 aromatic heterocycles. The molecule has 3 N–H and O–H groups in total. The average Bonchev–Trinajstić information content (AvgIpc) is 2.89. The van der Waals surface area contributed by atoms with Crippen LogP contribution in [0.3, 0.4) is 0 Å². The van der Waals surface area contributed by atoms with E-state index in [4.69, 9.17) is 5.11 Å². The van der Waals surface area contributed by atoms with E-state index in [-0.39, 0.29) is 11.4 Å². The number of amides is 1. The molecule has 98 valence electrons. The van der Waals surface area contributed by atoms with Gasteiger partial charge in [-0.15, -0.1) is 11.8 Å². The van der Waals surface area contributed by atoms with Crippen LogP contribution >= 0.6 is 11.8 Å². The van der Waals surface area contributed by atoms with Crippen LogP contribution in [0.1, 0.15) is 21.0 Å². The molecule has 0 atom stereocenters. The molecule has 1 aromatic carbocycles. The zero-order chi connectivity index (χ0) is 13.8. The number of thioether (sulfide) groups is 1. The first-order valence-electron chi connectivity index (χ1n) is 5.34. The Morgan fingerprint density at radius 2 is 2.00 bits per heavy atom. The van der Waals surface area contributed by atoms with Crippen molar-refractivity contribution in [2.24, 2.45) is 0 Å². The summed E-state index contributed by atoms with van der Waals surface area (Å²) in [4.78, 5) is 30.0. The predicted octanol–water partition coefficient (Wildman–Crippen LogP) is 2.08. The highest BCUT2D eigenvalue weighted by atomic mass is 32.2. The van der Waals surface area contributed by atoms with Gasteiger partial charge in [-0.3, -0.25) is 4.79 Å². The number of rotatable bonds is 4. The molecule has 0 bridgehead atoms. The molecule has 0 saturated carbocycles. The van der Waals surface area contributed by atoms with Crippen LogP contribution in [0.4, 0.5) is 5.69 Å². The Morgan fingerprint density at radius 1 is 1.32 bits per heavy atom. The van der Waals surface area contributed by atoms with Crippen molar-refractivity contribution in [3.8, 4) is 0 Å². The van der Waals surface area contributed by atoms with E-state index in [1.807, 2.05) is 18.4 Å². The number of nitrogens with zero attached hydrogens (tertiary/aromatic N) is 1. The van der Waals surface area contributed by atoms with Crippen LogP contribution in [0.15, 0.2) is 35.5 Å². The van der Waals surface area contributed by atoms with Crippen molar-refractivity contribution in [3.05, 3.63) is 42.0 Å². The Bertz CT molecular complexity index is 607. The summed E-state index contributed by atoms with van der Waals surface area (Å²) in [5.41, 5.74) is 0.224. The number of hydrogen-bond acceptors (Lipinski definition) is 4. The minimum absolute atomic E-state index is 0.138. The number of aromatic carboxylic acids is 1. The lowest BCUT2D eigenvalue weighted by Crippen LogP contribution is -2.16. The summed E-state index contributed by atoms with van der Waals surface area (Å²) >= 11 is 1.59. The molecule has 7 heteroatoms. The smallest absolute Gasteiger partial charge is 0.354 e. The van der Waals surface area contributed by atoms with Crippen LogP contribution in [0, 0.1) is 0 Å². The number of carboxylic acids is 1. The maximum absolute atomic E-state index is 11.9. The number of imidazole rings is 1. The third-order valence-electron chi connectivity index (χ3n) is 2.42. The van der Waals surface area contributed by atoms with E-state index >= 15 is 0 Å². The minimum Gasteiger partial charge on any atom is -0.477 e. The molecule has 1 heterocycles. The van der Waals surface area contributed by atoms with Gasteiger partial charge in [-0.2, -0.15) is 0 Å². The molecule has 0 radical (unpaired) electrons. The van der Waals surface area contributed by atoms with Crippen molar-refractivity contribution >= 4 is 29.3 Å². The maximum atomic E-state index is 11.9. The van der Waals surface area contributed by atoms with Gasteiger partial charge in [-0.25, -0.2) is 9.78 Å². The van der Waals surface area contributed by atoms with Crippen LogP contribution in [-0.2, 0) is 0 Å². The van der Waals surface area contributed by atoms with Crippen LogP contribution in [0.2, 0.25) is 0 Å². The first kappa shape index (κ1) is 13.2. The molecule has 2 rings (SSSR count). The Morgan fingerprint density at radius 3 is 2.58 bits per heavy atom. The fourth-order valence-corrected chi connectivity index (χ4v) is 1.90. The highest BCUT2D eigenvalue weighted by Crippen LogP contribution is 2.18. The molecule has 6 nitrogen and oxygen atoms in total. The summed E-state index contributed by atoms with van der Waals surface area (Å²) in [5.74, 6) is -1.78. The predicted molar refractivity (Wildman–Crippen MR) is 71.7 cm³/mol. The van der Waals surface area contributed by atoms with Gasteiger partial charge in [-0.05, 0) is 30.5 Å². The van der Waals surface area contributed by atoms with Gasteiger partial charge in [-0.1, -0.05) is 0 Å². The maximum Gasteiger partial charge on any atom is 0.354 e. The minimum atomic E-state index is -1.22. The molecule has 0 aliphatic rings. The van der Waals surface area contributed by atoms with E-state index in [9.17, 15) is 9.59 Å². The number of carbonyl (C=O) groups excluding carboxylic acids is 1. The quantitative estimate of drug-likeness (QED) is 0.744. The van der Waals surface area contributed by atoms with E-state index in [0.29, 0.717) is 5.69 Å². The molecule has 19 heavy (non-hydrogen) atoms. The molecule has 1 amide bonds. The first-order valence-corrected chi connectivity index (χ1v) is 6.56. The van der Waals surface area contributed by atoms with Crippen LogP contribution in [0.25, 0.3) is 0 Å². The van der Waals surface area contributed by atoms with Crippen LogP contribution in [0.5, 0.6) is 0 Å². The Labute approximate surface area is 113 Å². The number of nitrogens with one attached hydrogen (secondary N) is 2. The third-order valence-corrected chi connectivity index (χ3v) is 3.16. The second kappa shape index (κ2) is 5.57. The molecule has 0 aliphatic heterocycles. The summed E-state index contributed by atoms with van der Waals surface area (Å²) in [6.07, 6.45) is 3.13. The number of carboxylic acid groups (broad SMARTS) is 1. The van der Waals surface area contributed by atoms with E-state index < -0.39 is 11.9 Å². The molecule has 0 fully saturated rings. The highest BCUT2D eigenvalue weighted by Gasteiger charge is 2.19. The van der Waals surface area contributed by atoms with Crippen molar-refractivity contribution in [2.45, 2.75) is 4.90 Å². The third kappa shape index (κ3) is 2.94. The van der Waals surface area contributed by atoms with Gasteiger partial charge in [0.25, 0.3) is 5.91 Å². The summed E-state index contributed by atoms with van der Waals surface area (Å²) in [6.45, 7) is 0. The van der Waals surface area contributed by atoms with Gasteiger partial charge in [0, 0.05) is 10.6 Å². The molecule has 0 saturated heterocycles.